The predicted octanol–water partition coefficient (Wildman–Crippen LogP) is 12.6. The van der Waals surface area contributed by atoms with Crippen molar-refractivity contribution in [1.29, 1.82) is 0 Å². The minimum atomic E-state index is -0.133. The van der Waals surface area contributed by atoms with Crippen LogP contribution in [0.25, 0.3) is 65.7 Å². The average molecular weight is 686 g/mol. The number of aryl methyl sites for hydroxylation is 2. The fourth-order valence-corrected chi connectivity index (χ4v) is 9.62. The molecule has 1 nitrogen and oxygen atoms in total. The van der Waals surface area contributed by atoms with Crippen molar-refractivity contribution in [3.05, 3.63) is 115 Å². The Bertz CT molecular complexity index is 2270. The predicted molar refractivity (Wildman–Crippen MR) is 189 cm³/mol. The lowest BCUT2D eigenvalue weighted by Crippen LogP contribution is -2.15. The maximum atomic E-state index is 6.98. The molecule has 210 valence electrons. The van der Waals surface area contributed by atoms with Gasteiger partial charge in [0, 0.05) is 41.7 Å². The summed E-state index contributed by atoms with van der Waals surface area (Å²) < 4.78 is 9.29. The second-order valence-electron chi connectivity index (χ2n) is 13.6. The van der Waals surface area contributed by atoms with Gasteiger partial charge in [-0.2, -0.15) is 0 Å². The molecule has 1 aromatic heterocycles. The molecular formula is C40H30Br2O. The van der Waals surface area contributed by atoms with Gasteiger partial charge in [-0.3, -0.25) is 0 Å². The van der Waals surface area contributed by atoms with Crippen molar-refractivity contribution in [3.63, 3.8) is 0 Å². The average Bonchev–Trinajstić information content (AvgIpc) is 3.55. The first-order chi connectivity index (χ1) is 20.5. The number of rotatable bonds is 0. The minimum absolute atomic E-state index is 0.133. The third-order valence-corrected chi connectivity index (χ3v) is 12.0. The summed E-state index contributed by atoms with van der Waals surface area (Å²) in [5, 5.41) is 7.54. The monoisotopic (exact) mass is 684 g/mol. The number of fused-ring (bicyclic) bond motifs is 13. The van der Waals surface area contributed by atoms with Gasteiger partial charge in [0.05, 0.1) is 0 Å². The van der Waals surface area contributed by atoms with E-state index in [1.165, 1.54) is 88.0 Å². The number of halogens is 2. The van der Waals surface area contributed by atoms with E-state index in [4.69, 9.17) is 4.42 Å². The zero-order valence-corrected chi connectivity index (χ0v) is 28.3. The zero-order chi connectivity index (χ0) is 29.7. The Morgan fingerprint density at radius 3 is 1.21 bits per heavy atom. The van der Waals surface area contributed by atoms with Crippen LogP contribution in [-0.4, -0.2) is 0 Å². The molecule has 0 unspecified atom stereocenters. The van der Waals surface area contributed by atoms with Gasteiger partial charge in [0.25, 0.3) is 0 Å². The van der Waals surface area contributed by atoms with Gasteiger partial charge in [0.1, 0.15) is 11.2 Å². The third kappa shape index (κ3) is 3.03. The maximum absolute atomic E-state index is 6.98. The van der Waals surface area contributed by atoms with Crippen LogP contribution in [0.15, 0.2) is 86.2 Å². The van der Waals surface area contributed by atoms with E-state index >= 15 is 0 Å². The lowest BCUT2D eigenvalue weighted by Gasteiger charge is -2.23. The second kappa shape index (κ2) is 8.20. The lowest BCUT2D eigenvalue weighted by molar-refractivity contribution is 0.652. The van der Waals surface area contributed by atoms with Gasteiger partial charge >= 0.3 is 0 Å². The van der Waals surface area contributed by atoms with E-state index < -0.39 is 0 Å². The molecule has 2 aliphatic carbocycles. The molecule has 2 aliphatic rings. The van der Waals surface area contributed by atoms with Crippen LogP contribution >= 0.6 is 31.9 Å². The van der Waals surface area contributed by atoms with E-state index in [2.05, 4.69) is 146 Å². The van der Waals surface area contributed by atoms with Crippen molar-refractivity contribution in [2.75, 3.05) is 0 Å². The summed E-state index contributed by atoms with van der Waals surface area (Å²) in [4.78, 5) is 0. The van der Waals surface area contributed by atoms with Crippen LogP contribution in [0.4, 0.5) is 0 Å². The van der Waals surface area contributed by atoms with Crippen molar-refractivity contribution in [2.24, 2.45) is 0 Å². The van der Waals surface area contributed by atoms with Gasteiger partial charge in [-0.05, 0) is 104 Å². The number of benzene rings is 6. The van der Waals surface area contributed by atoms with E-state index in [0.717, 1.165) is 20.1 Å². The molecule has 3 heteroatoms. The molecule has 43 heavy (non-hydrogen) atoms. The van der Waals surface area contributed by atoms with Gasteiger partial charge in [-0.1, -0.05) is 108 Å². The Balaban J connectivity index is 1.41. The topological polar surface area (TPSA) is 13.1 Å². The quantitative estimate of drug-likeness (QED) is 0.155. The summed E-state index contributed by atoms with van der Waals surface area (Å²) in [5.74, 6) is 0. The van der Waals surface area contributed by atoms with Crippen LogP contribution in [0, 0.1) is 13.8 Å². The molecule has 6 aromatic carbocycles. The van der Waals surface area contributed by atoms with E-state index in [9.17, 15) is 0 Å². The summed E-state index contributed by atoms with van der Waals surface area (Å²) >= 11 is 7.78. The van der Waals surface area contributed by atoms with Gasteiger partial charge in [0.15, 0.2) is 0 Å². The van der Waals surface area contributed by atoms with E-state index in [-0.39, 0.29) is 10.8 Å². The van der Waals surface area contributed by atoms with Crippen LogP contribution in [0.1, 0.15) is 61.1 Å². The fourth-order valence-electron chi connectivity index (χ4n) is 8.47. The van der Waals surface area contributed by atoms with Crippen LogP contribution < -0.4 is 0 Å². The Kier molecular flexibility index (Phi) is 4.96. The fraction of sp³-hybridized carbons (Fsp3) is 0.200. The number of hydrogen-bond donors (Lipinski definition) is 0. The van der Waals surface area contributed by atoms with E-state index in [0.29, 0.717) is 0 Å². The van der Waals surface area contributed by atoms with Crippen LogP contribution in [0.5, 0.6) is 0 Å². The van der Waals surface area contributed by atoms with Crippen LogP contribution in [0.3, 0.4) is 0 Å². The van der Waals surface area contributed by atoms with E-state index in [1.54, 1.807) is 0 Å². The first-order valence-corrected chi connectivity index (χ1v) is 16.6. The molecule has 0 saturated heterocycles. The molecule has 0 spiro atoms. The highest BCUT2D eigenvalue weighted by Gasteiger charge is 2.41. The standard InChI is InChI=1S/C40H30Br2O/c1-19-33-27(39(3,4)29-17-31(41)21-11-7-9-13-23(21)35(29)33)15-25-26-16-28-34(20(2)38(26)43-37(19)25)36-24-14-10-8-12-22(24)32(42)18-30(36)40(28,5)6/h7-18H,1-6H3. The highest BCUT2D eigenvalue weighted by molar-refractivity contribution is 9.11. The molecule has 0 N–H and O–H groups in total. The van der Waals surface area contributed by atoms with Crippen LogP contribution in [0.2, 0.25) is 0 Å². The van der Waals surface area contributed by atoms with Crippen molar-refractivity contribution < 1.29 is 4.42 Å². The molecule has 0 bridgehead atoms. The van der Waals surface area contributed by atoms with Crippen molar-refractivity contribution in [1.82, 2.24) is 0 Å². The molecule has 1 heterocycles. The Hall–Kier alpha value is -3.40. The van der Waals surface area contributed by atoms with Gasteiger partial charge < -0.3 is 4.42 Å². The normalized spacial score (nSPS) is 15.8. The number of furan rings is 1. The summed E-state index contributed by atoms with van der Waals surface area (Å²) in [6.07, 6.45) is 0. The highest BCUT2D eigenvalue weighted by atomic mass is 79.9. The molecule has 0 aliphatic heterocycles. The van der Waals surface area contributed by atoms with Crippen LogP contribution in [-0.2, 0) is 10.8 Å². The lowest BCUT2D eigenvalue weighted by atomic mass is 9.80. The second-order valence-corrected chi connectivity index (χ2v) is 15.3. The molecule has 0 amide bonds. The molecule has 0 saturated carbocycles. The molecule has 9 rings (SSSR count). The summed E-state index contributed by atoms with van der Waals surface area (Å²) in [6.45, 7) is 14.0. The molecular weight excluding hydrogens is 656 g/mol. The number of hydrogen-bond acceptors (Lipinski definition) is 1. The molecule has 0 fully saturated rings. The van der Waals surface area contributed by atoms with Crippen molar-refractivity contribution >= 4 is 75.3 Å². The Morgan fingerprint density at radius 1 is 0.465 bits per heavy atom. The van der Waals surface area contributed by atoms with Crippen molar-refractivity contribution in [3.8, 4) is 22.3 Å². The Labute approximate surface area is 268 Å². The smallest absolute Gasteiger partial charge is 0.138 e. The van der Waals surface area contributed by atoms with Gasteiger partial charge in [0.2, 0.25) is 0 Å². The van der Waals surface area contributed by atoms with Gasteiger partial charge in [-0.25, -0.2) is 0 Å². The summed E-state index contributed by atoms with van der Waals surface area (Å²) in [7, 11) is 0. The first kappa shape index (κ1) is 26.0. The summed E-state index contributed by atoms with van der Waals surface area (Å²) in [6, 6.07) is 27.1. The SMILES string of the molecule is Cc1c2c(cc3c1oc1c(C)c4c(cc13)C(C)(C)c1cc(Br)c3ccccc3c1-4)C(C)(C)c1cc(Br)c3ccccc3c1-2. The van der Waals surface area contributed by atoms with Gasteiger partial charge in [-0.15, -0.1) is 0 Å². The highest BCUT2D eigenvalue weighted by Crippen LogP contribution is 2.58. The molecule has 0 atom stereocenters. The Morgan fingerprint density at radius 2 is 0.814 bits per heavy atom. The summed E-state index contributed by atoms with van der Waals surface area (Å²) in [5.41, 5.74) is 15.1. The molecule has 0 radical (unpaired) electrons. The minimum Gasteiger partial charge on any atom is -0.455 e. The first-order valence-electron chi connectivity index (χ1n) is 15.0. The molecule has 7 aromatic rings. The third-order valence-electron chi connectivity index (χ3n) is 10.7. The van der Waals surface area contributed by atoms with Crippen molar-refractivity contribution in [2.45, 2.75) is 52.4 Å². The zero-order valence-electron chi connectivity index (χ0n) is 25.1. The van der Waals surface area contributed by atoms with E-state index in [1.807, 2.05) is 0 Å². The maximum Gasteiger partial charge on any atom is 0.138 e. The largest absolute Gasteiger partial charge is 0.455 e.